The first kappa shape index (κ1) is 16.4. The molecule has 1 aromatic carbocycles. The van der Waals surface area contributed by atoms with Crippen LogP contribution in [-0.2, 0) is 17.6 Å². The third-order valence-corrected chi connectivity index (χ3v) is 4.75. The highest BCUT2D eigenvalue weighted by atomic mass is 16.2. The lowest BCUT2D eigenvalue weighted by atomic mass is 10.0. The average Bonchev–Trinajstić information content (AvgIpc) is 3.26. The number of aryl methyl sites for hydroxylation is 2. The number of amides is 1. The van der Waals surface area contributed by atoms with E-state index in [2.05, 4.69) is 15.4 Å². The number of Topliss-reactive ketones (excluding diaryl/α,β-unsaturated/α-hetero) is 1. The molecule has 1 aliphatic carbocycles. The summed E-state index contributed by atoms with van der Waals surface area (Å²) in [6, 6.07) is 7.51. The first-order valence-corrected chi connectivity index (χ1v) is 8.83. The van der Waals surface area contributed by atoms with Gasteiger partial charge in [0, 0.05) is 17.0 Å². The molecule has 1 amide bonds. The number of hydrogen-bond acceptors (Lipinski definition) is 4. The Labute approximate surface area is 151 Å². The molecule has 26 heavy (non-hydrogen) atoms. The smallest absolute Gasteiger partial charge is 0.296 e. The summed E-state index contributed by atoms with van der Waals surface area (Å²) in [7, 11) is 0. The maximum absolute atomic E-state index is 12.5. The number of nitrogens with zero attached hydrogens (tertiary/aromatic N) is 3. The fraction of sp³-hybridized carbons (Fsp3) is 0.300. The van der Waals surface area contributed by atoms with Gasteiger partial charge >= 0.3 is 0 Å². The topological polar surface area (TPSA) is 76.9 Å². The van der Waals surface area contributed by atoms with Crippen molar-refractivity contribution in [1.82, 2.24) is 14.8 Å². The Morgan fingerprint density at radius 3 is 2.73 bits per heavy atom. The van der Waals surface area contributed by atoms with E-state index in [0.29, 0.717) is 11.3 Å². The molecule has 0 radical (unpaired) electrons. The van der Waals surface area contributed by atoms with E-state index in [-0.39, 0.29) is 6.04 Å². The monoisotopic (exact) mass is 348 g/mol. The number of rotatable bonds is 4. The Balaban J connectivity index is 1.54. The number of pyridine rings is 1. The van der Waals surface area contributed by atoms with Gasteiger partial charge in [-0.25, -0.2) is 9.67 Å². The van der Waals surface area contributed by atoms with Gasteiger partial charge in [0.1, 0.15) is 0 Å². The van der Waals surface area contributed by atoms with E-state index >= 15 is 0 Å². The SMILES string of the molecule is CC(C)n1ncc2cc(NC(=O)C(=O)c3ccc4c(c3)CCC4)cnc21. The van der Waals surface area contributed by atoms with Crippen molar-refractivity contribution in [2.24, 2.45) is 0 Å². The number of aromatic nitrogens is 3. The zero-order chi connectivity index (χ0) is 18.3. The van der Waals surface area contributed by atoms with Crippen LogP contribution in [0.3, 0.4) is 0 Å². The fourth-order valence-corrected chi connectivity index (χ4v) is 3.42. The normalized spacial score (nSPS) is 13.2. The van der Waals surface area contributed by atoms with E-state index in [1.807, 2.05) is 30.7 Å². The highest BCUT2D eigenvalue weighted by Crippen LogP contribution is 2.23. The van der Waals surface area contributed by atoms with Gasteiger partial charge in [-0.1, -0.05) is 12.1 Å². The zero-order valence-corrected chi connectivity index (χ0v) is 14.8. The minimum Gasteiger partial charge on any atom is -0.318 e. The second kappa shape index (κ2) is 6.37. The van der Waals surface area contributed by atoms with Crippen LogP contribution in [0.2, 0.25) is 0 Å². The van der Waals surface area contributed by atoms with E-state index in [0.717, 1.165) is 30.3 Å². The Bertz CT molecular complexity index is 1020. The summed E-state index contributed by atoms with van der Waals surface area (Å²) >= 11 is 0. The van der Waals surface area contributed by atoms with Crippen molar-refractivity contribution < 1.29 is 9.59 Å². The lowest BCUT2D eigenvalue weighted by Crippen LogP contribution is -2.23. The fourth-order valence-electron chi connectivity index (χ4n) is 3.42. The molecule has 0 bridgehead atoms. The minimum absolute atomic E-state index is 0.196. The molecule has 6 heteroatoms. The van der Waals surface area contributed by atoms with Crippen molar-refractivity contribution >= 4 is 28.4 Å². The summed E-state index contributed by atoms with van der Waals surface area (Å²) < 4.78 is 1.82. The van der Waals surface area contributed by atoms with Crippen LogP contribution in [0.4, 0.5) is 5.69 Å². The summed E-state index contributed by atoms with van der Waals surface area (Å²) in [5.41, 5.74) is 4.12. The number of hydrogen-bond donors (Lipinski definition) is 1. The van der Waals surface area contributed by atoms with Crippen LogP contribution in [0, 0.1) is 0 Å². The number of carbonyl (C=O) groups excluding carboxylic acids is 2. The van der Waals surface area contributed by atoms with Crippen LogP contribution in [0.1, 0.15) is 47.8 Å². The van der Waals surface area contributed by atoms with Gasteiger partial charge < -0.3 is 5.32 Å². The van der Waals surface area contributed by atoms with E-state index in [4.69, 9.17) is 0 Å². The highest BCUT2D eigenvalue weighted by molar-refractivity contribution is 6.46. The van der Waals surface area contributed by atoms with E-state index < -0.39 is 11.7 Å². The van der Waals surface area contributed by atoms with Crippen LogP contribution < -0.4 is 5.32 Å². The molecule has 0 saturated heterocycles. The number of ketones is 1. The molecule has 132 valence electrons. The summed E-state index contributed by atoms with van der Waals surface area (Å²) in [6.07, 6.45) is 6.39. The third-order valence-electron chi connectivity index (χ3n) is 4.75. The maximum atomic E-state index is 12.5. The molecule has 0 saturated carbocycles. The molecule has 6 nitrogen and oxygen atoms in total. The molecule has 0 fully saturated rings. The Kier molecular flexibility index (Phi) is 4.03. The molecule has 0 atom stereocenters. The predicted octanol–water partition coefficient (Wildman–Crippen LogP) is 3.32. The van der Waals surface area contributed by atoms with Crippen LogP contribution in [0.15, 0.2) is 36.7 Å². The number of carbonyl (C=O) groups is 2. The van der Waals surface area contributed by atoms with Crippen LogP contribution in [-0.4, -0.2) is 26.5 Å². The maximum Gasteiger partial charge on any atom is 0.296 e. The molecule has 0 unspecified atom stereocenters. The van der Waals surface area contributed by atoms with Crippen LogP contribution in [0.25, 0.3) is 11.0 Å². The lowest BCUT2D eigenvalue weighted by Gasteiger charge is -2.08. The second-order valence-corrected chi connectivity index (χ2v) is 6.94. The van der Waals surface area contributed by atoms with E-state index in [1.54, 1.807) is 24.5 Å². The summed E-state index contributed by atoms with van der Waals surface area (Å²) in [6.45, 7) is 4.05. The quantitative estimate of drug-likeness (QED) is 0.579. The van der Waals surface area contributed by atoms with Gasteiger partial charge in [-0.15, -0.1) is 0 Å². The van der Waals surface area contributed by atoms with Crippen molar-refractivity contribution in [2.45, 2.75) is 39.2 Å². The lowest BCUT2D eigenvalue weighted by molar-refractivity contribution is -0.112. The summed E-state index contributed by atoms with van der Waals surface area (Å²) in [5.74, 6) is -1.18. The van der Waals surface area contributed by atoms with Gasteiger partial charge in [-0.2, -0.15) is 5.10 Å². The molecule has 2 aromatic heterocycles. The third kappa shape index (κ3) is 2.87. The molecule has 1 aliphatic rings. The van der Waals surface area contributed by atoms with Gasteiger partial charge in [0.15, 0.2) is 5.65 Å². The Morgan fingerprint density at radius 2 is 1.92 bits per heavy atom. The molecule has 1 N–H and O–H groups in total. The van der Waals surface area contributed by atoms with Gasteiger partial charge in [0.05, 0.1) is 18.1 Å². The predicted molar refractivity (Wildman–Crippen MR) is 99.3 cm³/mol. The Hall–Kier alpha value is -3.02. The van der Waals surface area contributed by atoms with Gasteiger partial charge in [0.25, 0.3) is 11.7 Å². The molecule has 0 spiro atoms. The molecular formula is C20H20N4O2. The van der Waals surface area contributed by atoms with Gasteiger partial charge in [-0.05, 0) is 56.4 Å². The Morgan fingerprint density at radius 1 is 1.12 bits per heavy atom. The molecule has 2 heterocycles. The first-order valence-electron chi connectivity index (χ1n) is 8.83. The summed E-state index contributed by atoms with van der Waals surface area (Å²) in [5, 5.41) is 7.78. The molecule has 0 aliphatic heterocycles. The number of fused-ring (bicyclic) bond motifs is 2. The molecule has 4 rings (SSSR count). The molecular weight excluding hydrogens is 328 g/mol. The van der Waals surface area contributed by atoms with Gasteiger partial charge in [0.2, 0.25) is 0 Å². The van der Waals surface area contributed by atoms with E-state index in [1.165, 1.54) is 11.1 Å². The standard InChI is InChI=1S/C20H20N4O2/c1-12(2)24-19-16(10-22-24)9-17(11-21-19)23-20(26)18(25)15-7-6-13-4-3-5-14(13)8-15/h6-12H,3-5H2,1-2H3,(H,23,26). The average molecular weight is 348 g/mol. The van der Waals surface area contributed by atoms with Gasteiger partial charge in [-0.3, -0.25) is 9.59 Å². The molecule has 3 aromatic rings. The van der Waals surface area contributed by atoms with E-state index in [9.17, 15) is 9.59 Å². The number of nitrogens with one attached hydrogen (secondary N) is 1. The van der Waals surface area contributed by atoms with Crippen molar-refractivity contribution in [3.05, 3.63) is 53.3 Å². The van der Waals surface area contributed by atoms with Crippen molar-refractivity contribution in [3.63, 3.8) is 0 Å². The van der Waals surface area contributed by atoms with Crippen molar-refractivity contribution in [2.75, 3.05) is 5.32 Å². The van der Waals surface area contributed by atoms with Crippen molar-refractivity contribution in [1.29, 1.82) is 0 Å². The van der Waals surface area contributed by atoms with Crippen LogP contribution in [0.5, 0.6) is 0 Å². The zero-order valence-electron chi connectivity index (χ0n) is 14.8. The van der Waals surface area contributed by atoms with Crippen molar-refractivity contribution in [3.8, 4) is 0 Å². The largest absolute Gasteiger partial charge is 0.318 e. The number of anilines is 1. The first-order chi connectivity index (χ1) is 12.5. The summed E-state index contributed by atoms with van der Waals surface area (Å²) in [4.78, 5) is 29.2. The van der Waals surface area contributed by atoms with Crippen LogP contribution >= 0.6 is 0 Å². The minimum atomic E-state index is -0.652. The second-order valence-electron chi connectivity index (χ2n) is 6.94. The highest BCUT2D eigenvalue weighted by Gasteiger charge is 2.20. The number of benzene rings is 1.